The largest absolute Gasteiger partial charge is 0.496 e. The van der Waals surface area contributed by atoms with Gasteiger partial charge in [-0.25, -0.2) is 0 Å². The molecule has 1 aromatic carbocycles. The Bertz CT molecular complexity index is 465. The van der Waals surface area contributed by atoms with Gasteiger partial charge in [-0.05, 0) is 35.1 Å². The van der Waals surface area contributed by atoms with E-state index in [1.807, 2.05) is 23.1 Å². The average Bonchev–Trinajstić information content (AvgIpc) is 2.51. The Balaban J connectivity index is 2.81. The molecular formula is C18H31NO4. The number of rotatable bonds is 9. The van der Waals surface area contributed by atoms with E-state index < -0.39 is 6.10 Å². The maximum absolute atomic E-state index is 10.5. The number of ether oxygens (including phenoxy) is 1. The van der Waals surface area contributed by atoms with Crippen molar-refractivity contribution >= 4 is 0 Å². The van der Waals surface area contributed by atoms with Crippen molar-refractivity contribution < 1.29 is 20.1 Å². The highest BCUT2D eigenvalue weighted by Crippen LogP contribution is 2.33. The Hall–Kier alpha value is -1.14. The van der Waals surface area contributed by atoms with Gasteiger partial charge in [0.05, 0.1) is 26.4 Å². The van der Waals surface area contributed by atoms with Gasteiger partial charge in [-0.2, -0.15) is 0 Å². The molecule has 0 amide bonds. The molecule has 0 bridgehead atoms. The molecule has 1 rings (SSSR count). The van der Waals surface area contributed by atoms with E-state index in [0.717, 1.165) is 16.9 Å². The summed E-state index contributed by atoms with van der Waals surface area (Å²) in [6.45, 7) is 8.08. The molecule has 23 heavy (non-hydrogen) atoms. The quantitative estimate of drug-likeness (QED) is 0.644. The molecule has 0 saturated heterocycles. The summed E-state index contributed by atoms with van der Waals surface area (Å²) in [5.41, 5.74) is 1.86. The summed E-state index contributed by atoms with van der Waals surface area (Å²) >= 11 is 0. The van der Waals surface area contributed by atoms with Crippen LogP contribution in [0.3, 0.4) is 0 Å². The van der Waals surface area contributed by atoms with Crippen LogP contribution in [0.25, 0.3) is 0 Å². The molecule has 1 unspecified atom stereocenters. The molecular weight excluding hydrogens is 294 g/mol. The molecule has 3 N–H and O–H groups in total. The molecule has 1 atom stereocenters. The van der Waals surface area contributed by atoms with E-state index in [1.165, 1.54) is 0 Å². The Morgan fingerprint density at radius 2 is 1.70 bits per heavy atom. The zero-order chi connectivity index (χ0) is 17.5. The van der Waals surface area contributed by atoms with Gasteiger partial charge in [0.15, 0.2) is 0 Å². The van der Waals surface area contributed by atoms with E-state index in [1.54, 1.807) is 7.11 Å². The van der Waals surface area contributed by atoms with Crippen molar-refractivity contribution in [2.75, 3.05) is 40.0 Å². The van der Waals surface area contributed by atoms with Crippen LogP contribution in [-0.2, 0) is 5.41 Å². The summed E-state index contributed by atoms with van der Waals surface area (Å²) in [5.74, 6) is 0.829. The Kier molecular flexibility index (Phi) is 7.99. The minimum absolute atomic E-state index is 0.0484. The molecule has 0 fully saturated rings. The molecule has 0 aromatic heterocycles. The van der Waals surface area contributed by atoms with Crippen LogP contribution in [0.1, 0.15) is 44.4 Å². The fraction of sp³-hybridized carbons (Fsp3) is 0.667. The lowest BCUT2D eigenvalue weighted by atomic mass is 9.84. The van der Waals surface area contributed by atoms with Gasteiger partial charge in [0.25, 0.3) is 0 Å². The number of nitrogens with zero attached hydrogens (tertiary/aromatic N) is 1. The van der Waals surface area contributed by atoms with E-state index in [9.17, 15) is 5.11 Å². The fourth-order valence-electron chi connectivity index (χ4n) is 2.61. The number of methoxy groups -OCH3 is 1. The average molecular weight is 325 g/mol. The van der Waals surface area contributed by atoms with E-state index in [0.29, 0.717) is 26.1 Å². The third-order valence-corrected chi connectivity index (χ3v) is 3.97. The highest BCUT2D eigenvalue weighted by Gasteiger charge is 2.21. The zero-order valence-electron chi connectivity index (χ0n) is 14.7. The van der Waals surface area contributed by atoms with Gasteiger partial charge in [-0.1, -0.05) is 26.8 Å². The summed E-state index contributed by atoms with van der Waals surface area (Å²) in [5, 5.41) is 28.5. The number of hydrogen-bond acceptors (Lipinski definition) is 5. The lowest BCUT2D eigenvalue weighted by Gasteiger charge is -2.25. The minimum Gasteiger partial charge on any atom is -0.496 e. The number of benzene rings is 1. The molecule has 132 valence electrons. The van der Waals surface area contributed by atoms with Crippen LogP contribution in [0.4, 0.5) is 0 Å². The van der Waals surface area contributed by atoms with Crippen LogP contribution in [0.2, 0.25) is 0 Å². The molecule has 0 spiro atoms. The van der Waals surface area contributed by atoms with Gasteiger partial charge in [-0.3, -0.25) is 4.90 Å². The maximum Gasteiger partial charge on any atom is 0.122 e. The normalized spacial score (nSPS) is 13.4. The van der Waals surface area contributed by atoms with Crippen LogP contribution >= 0.6 is 0 Å². The first-order valence-corrected chi connectivity index (χ1v) is 8.14. The van der Waals surface area contributed by atoms with Crippen molar-refractivity contribution in [3.8, 4) is 5.75 Å². The van der Waals surface area contributed by atoms with Crippen LogP contribution in [-0.4, -0.2) is 60.2 Å². The zero-order valence-corrected chi connectivity index (χ0v) is 14.7. The van der Waals surface area contributed by atoms with E-state index >= 15 is 0 Å². The molecule has 0 aliphatic rings. The summed E-state index contributed by atoms with van der Waals surface area (Å²) in [4.78, 5) is 1.94. The Labute approximate surface area is 139 Å². The van der Waals surface area contributed by atoms with Gasteiger partial charge in [-0.15, -0.1) is 0 Å². The van der Waals surface area contributed by atoms with Gasteiger partial charge >= 0.3 is 0 Å². The van der Waals surface area contributed by atoms with Crippen molar-refractivity contribution in [3.63, 3.8) is 0 Å². The molecule has 5 heteroatoms. The monoisotopic (exact) mass is 325 g/mol. The predicted octanol–water partition coefficient (Wildman–Crippen LogP) is 1.70. The van der Waals surface area contributed by atoms with Gasteiger partial charge in [0.2, 0.25) is 0 Å². The second kappa shape index (κ2) is 9.23. The summed E-state index contributed by atoms with van der Waals surface area (Å²) in [7, 11) is 1.66. The standard InChI is InChI=1S/C18H31NO4/c1-18(2,3)15-13-14(5-6-17(15)23-4)16(22)7-8-19(9-11-20)10-12-21/h5-6,13,16,20-22H,7-12H2,1-4H3. The molecule has 0 heterocycles. The second-order valence-electron chi connectivity index (χ2n) is 6.80. The molecule has 0 aliphatic heterocycles. The SMILES string of the molecule is COc1ccc(C(O)CCN(CCO)CCO)cc1C(C)(C)C. The van der Waals surface area contributed by atoms with Gasteiger partial charge in [0, 0.05) is 19.6 Å². The van der Waals surface area contributed by atoms with Crippen LogP contribution in [0.5, 0.6) is 5.75 Å². The molecule has 0 radical (unpaired) electrons. The van der Waals surface area contributed by atoms with Gasteiger partial charge < -0.3 is 20.1 Å². The number of aliphatic hydroxyl groups is 3. The van der Waals surface area contributed by atoms with Crippen molar-refractivity contribution in [1.82, 2.24) is 4.90 Å². The first-order chi connectivity index (χ1) is 10.8. The minimum atomic E-state index is -0.582. The summed E-state index contributed by atoms with van der Waals surface area (Å²) in [6.07, 6.45) is -0.0301. The van der Waals surface area contributed by atoms with Crippen LogP contribution in [0.15, 0.2) is 18.2 Å². The van der Waals surface area contributed by atoms with Crippen molar-refractivity contribution in [2.45, 2.75) is 38.7 Å². The lowest BCUT2D eigenvalue weighted by Crippen LogP contribution is -2.31. The summed E-state index contributed by atoms with van der Waals surface area (Å²) < 4.78 is 5.42. The number of aliphatic hydroxyl groups excluding tert-OH is 3. The van der Waals surface area contributed by atoms with Crippen LogP contribution in [0, 0.1) is 0 Å². The predicted molar refractivity (Wildman–Crippen MR) is 91.9 cm³/mol. The van der Waals surface area contributed by atoms with Gasteiger partial charge in [0.1, 0.15) is 5.75 Å². The van der Waals surface area contributed by atoms with Crippen molar-refractivity contribution in [3.05, 3.63) is 29.3 Å². The topological polar surface area (TPSA) is 73.2 Å². The smallest absolute Gasteiger partial charge is 0.122 e. The molecule has 1 aromatic rings. The number of hydrogen-bond donors (Lipinski definition) is 3. The molecule has 5 nitrogen and oxygen atoms in total. The van der Waals surface area contributed by atoms with Crippen molar-refractivity contribution in [1.29, 1.82) is 0 Å². The maximum atomic E-state index is 10.5. The lowest BCUT2D eigenvalue weighted by molar-refractivity contribution is 0.118. The van der Waals surface area contributed by atoms with Crippen molar-refractivity contribution in [2.24, 2.45) is 0 Å². The Morgan fingerprint density at radius 1 is 1.09 bits per heavy atom. The molecule has 0 saturated carbocycles. The van der Waals surface area contributed by atoms with E-state index in [2.05, 4.69) is 20.8 Å². The summed E-state index contributed by atoms with van der Waals surface area (Å²) in [6, 6.07) is 5.80. The molecule has 0 aliphatic carbocycles. The first-order valence-electron chi connectivity index (χ1n) is 8.14. The second-order valence-corrected chi connectivity index (χ2v) is 6.80. The van der Waals surface area contributed by atoms with E-state index in [-0.39, 0.29) is 18.6 Å². The Morgan fingerprint density at radius 3 is 2.17 bits per heavy atom. The first kappa shape index (κ1) is 19.9. The third kappa shape index (κ3) is 6.11. The van der Waals surface area contributed by atoms with Crippen LogP contribution < -0.4 is 4.74 Å². The fourth-order valence-corrected chi connectivity index (χ4v) is 2.61. The third-order valence-electron chi connectivity index (χ3n) is 3.97. The highest BCUT2D eigenvalue weighted by molar-refractivity contribution is 5.42. The highest BCUT2D eigenvalue weighted by atomic mass is 16.5. The van der Waals surface area contributed by atoms with E-state index in [4.69, 9.17) is 14.9 Å².